The molecule has 138 valence electrons. The standard InChI is InChI=1S/C19H17N3O5/c23-16-19(17(24)22-18(25)21-16,6-3-12-4-7-20-8-5-12)10-13-1-2-14-15(9-13)27-11-26-14/h1-2,4-5,7-9H,3,6,10-11H2,(H2,21,22,23,24,25). The van der Waals surface area contributed by atoms with Gasteiger partial charge >= 0.3 is 6.03 Å². The molecule has 0 radical (unpaired) electrons. The lowest BCUT2D eigenvalue weighted by molar-refractivity contribution is -0.144. The van der Waals surface area contributed by atoms with Crippen molar-refractivity contribution in [3.63, 3.8) is 0 Å². The number of pyridine rings is 1. The minimum atomic E-state index is -1.40. The van der Waals surface area contributed by atoms with Crippen molar-refractivity contribution < 1.29 is 23.9 Å². The van der Waals surface area contributed by atoms with Gasteiger partial charge in [0.15, 0.2) is 11.5 Å². The first-order valence-electron chi connectivity index (χ1n) is 8.51. The van der Waals surface area contributed by atoms with Gasteiger partial charge in [0, 0.05) is 12.4 Å². The number of carbonyl (C=O) groups is 3. The molecule has 27 heavy (non-hydrogen) atoms. The van der Waals surface area contributed by atoms with E-state index in [0.717, 1.165) is 11.1 Å². The van der Waals surface area contributed by atoms with Gasteiger partial charge in [-0.05, 0) is 54.7 Å². The molecule has 2 aliphatic rings. The molecule has 1 aromatic heterocycles. The highest BCUT2D eigenvalue weighted by molar-refractivity contribution is 6.19. The number of nitrogens with zero attached hydrogens (tertiary/aromatic N) is 1. The Hall–Kier alpha value is -3.42. The minimum Gasteiger partial charge on any atom is -0.454 e. The first-order chi connectivity index (χ1) is 13.1. The highest BCUT2D eigenvalue weighted by atomic mass is 16.7. The number of hydrogen-bond acceptors (Lipinski definition) is 6. The van der Waals surface area contributed by atoms with Gasteiger partial charge in [-0.15, -0.1) is 0 Å². The van der Waals surface area contributed by atoms with Crippen molar-refractivity contribution in [3.05, 3.63) is 53.9 Å². The summed E-state index contributed by atoms with van der Waals surface area (Å²) in [5, 5.41) is 4.46. The largest absolute Gasteiger partial charge is 0.454 e. The Bertz CT molecular complexity index is 893. The summed E-state index contributed by atoms with van der Waals surface area (Å²) in [4.78, 5) is 41.0. The molecule has 1 fully saturated rings. The molecular weight excluding hydrogens is 350 g/mol. The Morgan fingerprint density at radius 3 is 2.37 bits per heavy atom. The van der Waals surface area contributed by atoms with Crippen molar-refractivity contribution in [1.82, 2.24) is 15.6 Å². The van der Waals surface area contributed by atoms with E-state index in [4.69, 9.17) is 9.47 Å². The summed E-state index contributed by atoms with van der Waals surface area (Å²) in [6.45, 7) is 0.140. The van der Waals surface area contributed by atoms with Gasteiger partial charge in [0.1, 0.15) is 5.41 Å². The normalized spacial score (nSPS) is 17.4. The molecule has 0 atom stereocenters. The summed E-state index contributed by atoms with van der Waals surface area (Å²) in [5.74, 6) is 0.00717. The summed E-state index contributed by atoms with van der Waals surface area (Å²) in [5.41, 5.74) is 0.298. The van der Waals surface area contributed by atoms with Crippen LogP contribution >= 0.6 is 0 Å². The number of barbiturate groups is 1. The molecule has 2 N–H and O–H groups in total. The van der Waals surface area contributed by atoms with E-state index in [9.17, 15) is 14.4 Å². The highest BCUT2D eigenvalue weighted by Crippen LogP contribution is 2.37. The van der Waals surface area contributed by atoms with E-state index in [1.165, 1.54) is 0 Å². The molecule has 0 aliphatic carbocycles. The molecule has 8 nitrogen and oxygen atoms in total. The summed E-state index contributed by atoms with van der Waals surface area (Å²) in [6, 6.07) is 8.16. The SMILES string of the molecule is O=C1NC(=O)C(CCc2ccncc2)(Cc2ccc3c(c2)OCO3)C(=O)N1. The van der Waals surface area contributed by atoms with Crippen LogP contribution in [0.5, 0.6) is 11.5 Å². The quantitative estimate of drug-likeness (QED) is 0.773. The molecule has 3 heterocycles. The number of amides is 4. The van der Waals surface area contributed by atoms with Crippen LogP contribution in [0, 0.1) is 5.41 Å². The summed E-state index contributed by atoms with van der Waals surface area (Å²) < 4.78 is 10.7. The van der Waals surface area contributed by atoms with Gasteiger partial charge in [-0.3, -0.25) is 25.2 Å². The predicted molar refractivity (Wildman–Crippen MR) is 92.9 cm³/mol. The van der Waals surface area contributed by atoms with Crippen LogP contribution < -0.4 is 20.1 Å². The molecule has 1 aromatic carbocycles. The zero-order chi connectivity index (χ0) is 18.9. The highest BCUT2D eigenvalue weighted by Gasteiger charge is 2.49. The number of rotatable bonds is 5. The predicted octanol–water partition coefficient (Wildman–Crippen LogP) is 1.34. The van der Waals surface area contributed by atoms with Gasteiger partial charge in [0.25, 0.3) is 0 Å². The summed E-state index contributed by atoms with van der Waals surface area (Å²) in [6.07, 6.45) is 4.19. The Kier molecular flexibility index (Phi) is 4.23. The monoisotopic (exact) mass is 367 g/mol. The van der Waals surface area contributed by atoms with Gasteiger partial charge in [0.2, 0.25) is 18.6 Å². The van der Waals surface area contributed by atoms with Crippen LogP contribution in [0.1, 0.15) is 17.5 Å². The van der Waals surface area contributed by atoms with Crippen LogP contribution in [0.15, 0.2) is 42.7 Å². The Morgan fingerprint density at radius 2 is 1.63 bits per heavy atom. The van der Waals surface area contributed by atoms with E-state index in [-0.39, 0.29) is 19.6 Å². The van der Waals surface area contributed by atoms with Gasteiger partial charge in [-0.2, -0.15) is 0 Å². The van der Waals surface area contributed by atoms with E-state index in [1.54, 1.807) is 30.6 Å². The fourth-order valence-electron chi connectivity index (χ4n) is 3.36. The Balaban J connectivity index is 1.64. The molecule has 2 aromatic rings. The fraction of sp³-hybridized carbons (Fsp3) is 0.263. The number of aromatic nitrogens is 1. The summed E-state index contributed by atoms with van der Waals surface area (Å²) >= 11 is 0. The van der Waals surface area contributed by atoms with Gasteiger partial charge < -0.3 is 9.47 Å². The Morgan fingerprint density at radius 1 is 0.926 bits per heavy atom. The average molecular weight is 367 g/mol. The first-order valence-corrected chi connectivity index (χ1v) is 8.51. The van der Waals surface area contributed by atoms with Crippen molar-refractivity contribution in [2.45, 2.75) is 19.3 Å². The number of urea groups is 1. The second kappa shape index (κ2) is 6.71. The first kappa shape index (κ1) is 17.0. The third kappa shape index (κ3) is 3.21. The second-order valence-electron chi connectivity index (χ2n) is 6.54. The van der Waals surface area contributed by atoms with E-state index in [0.29, 0.717) is 17.9 Å². The molecular formula is C19H17N3O5. The number of ether oxygens (including phenoxy) is 2. The molecule has 0 spiro atoms. The van der Waals surface area contributed by atoms with Crippen LogP contribution in [0.2, 0.25) is 0 Å². The van der Waals surface area contributed by atoms with E-state index >= 15 is 0 Å². The zero-order valence-corrected chi connectivity index (χ0v) is 14.4. The maximum Gasteiger partial charge on any atom is 0.328 e. The number of fused-ring (bicyclic) bond motifs is 1. The van der Waals surface area contributed by atoms with Crippen molar-refractivity contribution >= 4 is 17.8 Å². The average Bonchev–Trinajstić information content (AvgIpc) is 3.12. The smallest absolute Gasteiger partial charge is 0.328 e. The molecule has 1 saturated heterocycles. The van der Waals surface area contributed by atoms with Crippen LogP contribution in [0.3, 0.4) is 0 Å². The van der Waals surface area contributed by atoms with E-state index in [2.05, 4.69) is 15.6 Å². The third-order valence-corrected chi connectivity index (χ3v) is 4.86. The zero-order valence-electron chi connectivity index (χ0n) is 14.4. The van der Waals surface area contributed by atoms with Crippen molar-refractivity contribution in [1.29, 1.82) is 0 Å². The molecule has 0 unspecified atom stereocenters. The number of aryl methyl sites for hydroxylation is 1. The maximum absolute atomic E-state index is 12.7. The number of carbonyl (C=O) groups excluding carboxylic acids is 3. The molecule has 0 saturated carbocycles. The lowest BCUT2D eigenvalue weighted by Crippen LogP contribution is -2.63. The molecule has 4 amide bonds. The van der Waals surface area contributed by atoms with E-state index in [1.807, 2.05) is 12.1 Å². The minimum absolute atomic E-state index is 0.139. The molecule has 4 rings (SSSR count). The molecule has 8 heteroatoms. The lowest BCUT2D eigenvalue weighted by atomic mass is 9.74. The molecule has 2 aliphatic heterocycles. The number of benzene rings is 1. The van der Waals surface area contributed by atoms with Crippen molar-refractivity contribution in [2.24, 2.45) is 5.41 Å². The van der Waals surface area contributed by atoms with Crippen molar-refractivity contribution in [3.8, 4) is 11.5 Å². The number of hydrogen-bond donors (Lipinski definition) is 2. The number of nitrogens with one attached hydrogen (secondary N) is 2. The van der Waals surface area contributed by atoms with Crippen LogP contribution in [-0.2, 0) is 22.4 Å². The van der Waals surface area contributed by atoms with E-state index < -0.39 is 23.3 Å². The molecule has 0 bridgehead atoms. The topological polar surface area (TPSA) is 107 Å². The Labute approximate surface area is 154 Å². The summed E-state index contributed by atoms with van der Waals surface area (Å²) in [7, 11) is 0. The van der Waals surface area contributed by atoms with Crippen LogP contribution in [0.4, 0.5) is 4.79 Å². The third-order valence-electron chi connectivity index (χ3n) is 4.86. The van der Waals surface area contributed by atoms with Gasteiger partial charge in [-0.25, -0.2) is 4.79 Å². The van der Waals surface area contributed by atoms with Crippen molar-refractivity contribution in [2.75, 3.05) is 6.79 Å². The maximum atomic E-state index is 12.7. The second-order valence-corrected chi connectivity index (χ2v) is 6.54. The van der Waals surface area contributed by atoms with Crippen LogP contribution in [-0.4, -0.2) is 29.6 Å². The van der Waals surface area contributed by atoms with Crippen LogP contribution in [0.25, 0.3) is 0 Å². The van der Waals surface area contributed by atoms with Gasteiger partial charge in [-0.1, -0.05) is 6.07 Å². The lowest BCUT2D eigenvalue weighted by Gasteiger charge is -2.34. The van der Waals surface area contributed by atoms with Gasteiger partial charge in [0.05, 0.1) is 0 Å². The number of imide groups is 2. The fourth-order valence-corrected chi connectivity index (χ4v) is 3.36.